The summed E-state index contributed by atoms with van der Waals surface area (Å²) >= 11 is 0. The quantitative estimate of drug-likeness (QED) is 0.548. The largest absolute Gasteiger partial charge is 0.439 e. The molecule has 0 unspecified atom stereocenters. The molecular formula is C21H15N5O. The minimum Gasteiger partial charge on any atom is -0.439 e. The first kappa shape index (κ1) is 17.7. The van der Waals surface area contributed by atoms with Crippen molar-refractivity contribution in [2.75, 3.05) is 5.73 Å². The topological polar surface area (TPSA) is 120 Å². The molecule has 0 amide bonds. The summed E-state index contributed by atoms with van der Waals surface area (Å²) in [4.78, 5) is 4.48. The molecule has 0 saturated carbocycles. The first-order valence-corrected chi connectivity index (χ1v) is 8.12. The van der Waals surface area contributed by atoms with Crippen LogP contribution in [0.5, 0.6) is 5.75 Å². The molecule has 3 rings (SSSR count). The molecule has 1 aromatic heterocycles. The molecule has 0 bridgehead atoms. The van der Waals surface area contributed by atoms with E-state index in [0.29, 0.717) is 17.0 Å². The number of nitriles is 2. The number of rotatable bonds is 4. The summed E-state index contributed by atoms with van der Waals surface area (Å²) in [5.41, 5.74) is 8.02. The summed E-state index contributed by atoms with van der Waals surface area (Å²) < 4.78 is 5.63. The van der Waals surface area contributed by atoms with Crippen LogP contribution in [-0.2, 0) is 6.42 Å². The maximum absolute atomic E-state index is 9.49. The number of para-hydroxylation sites is 1. The van der Waals surface area contributed by atoms with Crippen LogP contribution in [0.3, 0.4) is 0 Å². The average molecular weight is 353 g/mol. The van der Waals surface area contributed by atoms with Crippen molar-refractivity contribution in [3.63, 3.8) is 0 Å². The van der Waals surface area contributed by atoms with Gasteiger partial charge in [0, 0.05) is 5.56 Å². The van der Waals surface area contributed by atoms with E-state index in [4.69, 9.17) is 21.1 Å². The maximum Gasteiger partial charge on any atom is 0.223 e. The summed E-state index contributed by atoms with van der Waals surface area (Å²) in [5.74, 6) is 0.255. The lowest BCUT2D eigenvalue weighted by atomic mass is 9.99. The molecule has 1 heterocycles. The van der Waals surface area contributed by atoms with Crippen LogP contribution in [0.2, 0.25) is 0 Å². The van der Waals surface area contributed by atoms with Crippen molar-refractivity contribution in [1.82, 2.24) is 4.98 Å². The molecule has 0 aliphatic rings. The number of hydrogen-bond donors (Lipinski definition) is 2. The monoisotopic (exact) mass is 353 g/mol. The number of ether oxygens (including phenoxy) is 1. The van der Waals surface area contributed by atoms with Gasteiger partial charge in [-0.15, -0.1) is 0 Å². The molecule has 6 heteroatoms. The number of nitrogens with two attached hydrogens (primary N) is 1. The van der Waals surface area contributed by atoms with Crippen LogP contribution in [0.4, 0.5) is 5.69 Å². The zero-order valence-electron chi connectivity index (χ0n) is 14.3. The van der Waals surface area contributed by atoms with E-state index in [1.807, 2.05) is 48.5 Å². The minimum atomic E-state index is -0.218. The van der Waals surface area contributed by atoms with Crippen LogP contribution in [0.15, 0.2) is 60.7 Å². The van der Waals surface area contributed by atoms with Gasteiger partial charge in [0.25, 0.3) is 0 Å². The number of nitrogens with zero attached hydrogens (tertiary/aromatic N) is 3. The van der Waals surface area contributed by atoms with Crippen LogP contribution in [0, 0.1) is 28.1 Å². The van der Waals surface area contributed by atoms with Crippen molar-refractivity contribution in [2.24, 2.45) is 0 Å². The van der Waals surface area contributed by atoms with E-state index < -0.39 is 0 Å². The minimum absolute atomic E-state index is 0.0555. The molecule has 0 aliphatic heterocycles. The Bertz CT molecular complexity index is 1060. The van der Waals surface area contributed by atoms with E-state index in [1.165, 1.54) is 0 Å². The SMILES string of the molecule is N#CCc1nc(-c2ccccc2)c(C(=N)Oc2ccccc2)c(N)c1C#N. The summed E-state index contributed by atoms with van der Waals surface area (Å²) in [6, 6.07) is 22.0. The highest BCUT2D eigenvalue weighted by atomic mass is 16.5. The highest BCUT2D eigenvalue weighted by Gasteiger charge is 2.23. The molecule has 0 aliphatic carbocycles. The van der Waals surface area contributed by atoms with Crippen molar-refractivity contribution < 1.29 is 4.74 Å². The highest BCUT2D eigenvalue weighted by Crippen LogP contribution is 2.31. The first-order chi connectivity index (χ1) is 13.2. The Morgan fingerprint density at radius 3 is 2.26 bits per heavy atom. The van der Waals surface area contributed by atoms with Gasteiger partial charge in [-0.05, 0) is 12.1 Å². The molecule has 130 valence electrons. The van der Waals surface area contributed by atoms with Crippen molar-refractivity contribution in [1.29, 1.82) is 15.9 Å². The van der Waals surface area contributed by atoms with Crippen LogP contribution in [0.25, 0.3) is 11.3 Å². The number of nitrogen functional groups attached to an aromatic ring is 1. The van der Waals surface area contributed by atoms with Gasteiger partial charge in [0.15, 0.2) is 0 Å². The Labute approximate surface area is 156 Å². The summed E-state index contributed by atoms with van der Waals surface area (Å²) in [6.45, 7) is 0. The summed E-state index contributed by atoms with van der Waals surface area (Å²) in [7, 11) is 0. The molecule has 0 radical (unpaired) electrons. The van der Waals surface area contributed by atoms with Crippen LogP contribution < -0.4 is 10.5 Å². The Morgan fingerprint density at radius 1 is 1.04 bits per heavy atom. The zero-order valence-corrected chi connectivity index (χ0v) is 14.3. The zero-order chi connectivity index (χ0) is 19.2. The van der Waals surface area contributed by atoms with Crippen LogP contribution in [0.1, 0.15) is 16.8 Å². The van der Waals surface area contributed by atoms with Crippen molar-refractivity contribution in [3.05, 3.63) is 77.5 Å². The van der Waals surface area contributed by atoms with E-state index in [2.05, 4.69) is 4.98 Å². The Balaban J connectivity index is 2.20. The van der Waals surface area contributed by atoms with Crippen molar-refractivity contribution in [3.8, 4) is 29.1 Å². The van der Waals surface area contributed by atoms with Crippen LogP contribution >= 0.6 is 0 Å². The highest BCUT2D eigenvalue weighted by molar-refractivity contribution is 6.05. The van der Waals surface area contributed by atoms with Crippen LogP contribution in [-0.4, -0.2) is 10.9 Å². The van der Waals surface area contributed by atoms with Crippen molar-refractivity contribution in [2.45, 2.75) is 6.42 Å². The molecule has 6 nitrogen and oxygen atoms in total. The fourth-order valence-electron chi connectivity index (χ4n) is 2.67. The summed E-state index contributed by atoms with van der Waals surface area (Å²) in [5, 5.41) is 27.0. The average Bonchev–Trinajstić information content (AvgIpc) is 2.69. The van der Waals surface area contributed by atoms with Gasteiger partial charge < -0.3 is 10.5 Å². The number of pyridine rings is 1. The number of hydrogen-bond acceptors (Lipinski definition) is 6. The van der Waals surface area contributed by atoms with Gasteiger partial charge >= 0.3 is 0 Å². The molecule has 3 aromatic rings. The number of benzene rings is 2. The predicted octanol–water partition coefficient (Wildman–Crippen LogP) is 3.67. The van der Waals surface area contributed by atoms with E-state index >= 15 is 0 Å². The standard InChI is InChI=1S/C21H15N5O/c22-12-11-17-16(13-23)19(24)18(20(26-17)14-7-3-1-4-8-14)21(25)27-15-9-5-2-6-10-15/h1-10,25H,11H2,(H2,24,26). The van der Waals surface area contributed by atoms with Crippen molar-refractivity contribution >= 4 is 11.6 Å². The second-order valence-electron chi connectivity index (χ2n) is 5.63. The molecular weight excluding hydrogens is 338 g/mol. The second-order valence-corrected chi connectivity index (χ2v) is 5.63. The van der Waals surface area contributed by atoms with Gasteiger partial charge in [0.2, 0.25) is 5.90 Å². The lowest BCUT2D eigenvalue weighted by Gasteiger charge is -2.16. The second kappa shape index (κ2) is 7.81. The Hall–Kier alpha value is -4.16. The predicted molar refractivity (Wildman–Crippen MR) is 102 cm³/mol. The fourth-order valence-corrected chi connectivity index (χ4v) is 2.67. The fraction of sp³-hybridized carbons (Fsp3) is 0.0476. The van der Waals surface area contributed by atoms with Gasteiger partial charge in [-0.2, -0.15) is 10.5 Å². The first-order valence-electron chi connectivity index (χ1n) is 8.12. The molecule has 27 heavy (non-hydrogen) atoms. The number of nitrogens with one attached hydrogen (secondary N) is 1. The van der Waals surface area contributed by atoms with E-state index in [9.17, 15) is 5.26 Å². The molecule has 0 atom stereocenters. The third-order valence-electron chi connectivity index (χ3n) is 3.91. The molecule has 2 aromatic carbocycles. The summed E-state index contributed by atoms with van der Waals surface area (Å²) in [6.07, 6.45) is -0.0555. The maximum atomic E-state index is 9.49. The Kier molecular flexibility index (Phi) is 5.11. The van der Waals surface area contributed by atoms with Gasteiger partial charge in [0.05, 0.1) is 40.7 Å². The van der Waals surface area contributed by atoms with E-state index in [-0.39, 0.29) is 34.8 Å². The smallest absolute Gasteiger partial charge is 0.223 e. The number of anilines is 1. The lowest BCUT2D eigenvalue weighted by molar-refractivity contribution is 0.548. The van der Waals surface area contributed by atoms with Gasteiger partial charge in [0.1, 0.15) is 11.8 Å². The van der Waals surface area contributed by atoms with E-state index in [0.717, 1.165) is 0 Å². The van der Waals surface area contributed by atoms with Gasteiger partial charge in [-0.1, -0.05) is 48.5 Å². The normalized spacial score (nSPS) is 9.85. The van der Waals surface area contributed by atoms with Gasteiger partial charge in [-0.3, -0.25) is 5.41 Å². The number of aromatic nitrogens is 1. The third kappa shape index (κ3) is 3.60. The third-order valence-corrected chi connectivity index (χ3v) is 3.91. The molecule has 0 fully saturated rings. The molecule has 0 spiro atoms. The Morgan fingerprint density at radius 2 is 1.67 bits per heavy atom. The molecule has 0 saturated heterocycles. The lowest BCUT2D eigenvalue weighted by Crippen LogP contribution is -2.16. The van der Waals surface area contributed by atoms with Gasteiger partial charge in [-0.25, -0.2) is 4.98 Å². The van der Waals surface area contributed by atoms with E-state index in [1.54, 1.807) is 24.3 Å². The molecule has 3 N–H and O–H groups in total.